The maximum atomic E-state index is 12.4. The van der Waals surface area contributed by atoms with Crippen molar-refractivity contribution in [2.45, 2.75) is 13.8 Å². The number of rotatable bonds is 3. The minimum Gasteiger partial charge on any atom is -0.267 e. The van der Waals surface area contributed by atoms with Crippen LogP contribution in [0.3, 0.4) is 0 Å². The Labute approximate surface area is 132 Å². The molecule has 1 aromatic carbocycles. The summed E-state index contributed by atoms with van der Waals surface area (Å²) in [5.41, 5.74) is 5.94. The molecule has 1 N–H and O–H groups in total. The van der Waals surface area contributed by atoms with E-state index in [0.29, 0.717) is 5.56 Å². The van der Waals surface area contributed by atoms with Gasteiger partial charge in [0.15, 0.2) is 0 Å². The number of aryl methyl sites for hydroxylation is 2. The molecule has 110 valence electrons. The van der Waals surface area contributed by atoms with E-state index in [4.69, 9.17) is 0 Å². The minimum absolute atomic E-state index is 0.229. The van der Waals surface area contributed by atoms with Gasteiger partial charge in [-0.05, 0) is 43.0 Å². The normalized spacial score (nSPS) is 11.2. The molecule has 4 nitrogen and oxygen atoms in total. The average molecular weight is 309 g/mol. The zero-order valence-electron chi connectivity index (χ0n) is 12.3. The number of carbonyl (C=O) groups is 1. The second kappa shape index (κ2) is 6.07. The molecule has 22 heavy (non-hydrogen) atoms. The lowest BCUT2D eigenvalue weighted by atomic mass is 10.1. The fraction of sp³-hybridized carbons (Fsp3) is 0.118. The Hall–Kier alpha value is -2.53. The summed E-state index contributed by atoms with van der Waals surface area (Å²) in [4.78, 5) is 17.8. The lowest BCUT2D eigenvalue weighted by Gasteiger charge is -2.06. The van der Waals surface area contributed by atoms with Gasteiger partial charge >= 0.3 is 0 Å². The first-order valence-corrected chi connectivity index (χ1v) is 7.77. The van der Waals surface area contributed by atoms with E-state index in [-0.39, 0.29) is 5.91 Å². The summed E-state index contributed by atoms with van der Waals surface area (Å²) in [5, 5.41) is 6.88. The number of pyridine rings is 1. The lowest BCUT2D eigenvalue weighted by Crippen LogP contribution is -2.18. The van der Waals surface area contributed by atoms with E-state index in [0.717, 1.165) is 27.0 Å². The number of nitrogens with one attached hydrogen (secondary N) is 1. The monoisotopic (exact) mass is 309 g/mol. The molecule has 2 heterocycles. The highest BCUT2D eigenvalue weighted by molar-refractivity contribution is 7.11. The van der Waals surface area contributed by atoms with Gasteiger partial charge in [0.1, 0.15) is 0 Å². The largest absolute Gasteiger partial charge is 0.272 e. The molecule has 1 amide bonds. The molecule has 0 aliphatic carbocycles. The Balaban J connectivity index is 1.86. The zero-order valence-corrected chi connectivity index (χ0v) is 13.1. The summed E-state index contributed by atoms with van der Waals surface area (Å²) < 4.78 is 0. The van der Waals surface area contributed by atoms with Crippen LogP contribution in [0, 0.1) is 13.8 Å². The number of hydrazone groups is 1. The van der Waals surface area contributed by atoms with Crippen molar-refractivity contribution in [3.05, 3.63) is 63.5 Å². The van der Waals surface area contributed by atoms with Gasteiger partial charge in [0.2, 0.25) is 0 Å². The third kappa shape index (κ3) is 2.89. The maximum Gasteiger partial charge on any atom is 0.272 e. The molecule has 0 bridgehead atoms. The van der Waals surface area contributed by atoms with E-state index < -0.39 is 0 Å². The predicted octanol–water partition coefficient (Wildman–Crippen LogP) is 3.68. The van der Waals surface area contributed by atoms with Crippen LogP contribution in [0.5, 0.6) is 0 Å². The molecule has 3 rings (SSSR count). The van der Waals surface area contributed by atoms with Gasteiger partial charge in [0, 0.05) is 16.0 Å². The number of hydrogen-bond donors (Lipinski definition) is 1. The molecule has 2 aromatic heterocycles. The fourth-order valence-corrected chi connectivity index (χ4v) is 3.01. The van der Waals surface area contributed by atoms with Crippen molar-refractivity contribution in [1.29, 1.82) is 0 Å². The number of amides is 1. The summed E-state index contributed by atoms with van der Waals surface area (Å²) >= 11 is 1.59. The summed E-state index contributed by atoms with van der Waals surface area (Å²) in [5.74, 6) is -0.229. The van der Waals surface area contributed by atoms with Crippen LogP contribution in [-0.4, -0.2) is 17.1 Å². The average Bonchev–Trinajstić information content (AvgIpc) is 2.91. The second-order valence-corrected chi connectivity index (χ2v) is 5.94. The molecular formula is C17H15N3OS. The number of aromatic nitrogens is 1. The summed E-state index contributed by atoms with van der Waals surface area (Å²) in [6.45, 7) is 3.89. The van der Waals surface area contributed by atoms with Crippen LogP contribution in [0.4, 0.5) is 0 Å². The highest BCUT2D eigenvalue weighted by atomic mass is 32.1. The second-order valence-electron chi connectivity index (χ2n) is 5.00. The van der Waals surface area contributed by atoms with Gasteiger partial charge in [0.05, 0.1) is 17.3 Å². The molecule has 0 fully saturated rings. The third-order valence-corrected chi connectivity index (χ3v) is 4.29. The van der Waals surface area contributed by atoms with Crippen LogP contribution in [0.2, 0.25) is 0 Å². The van der Waals surface area contributed by atoms with Gasteiger partial charge < -0.3 is 0 Å². The van der Waals surface area contributed by atoms with E-state index >= 15 is 0 Å². The van der Waals surface area contributed by atoms with Crippen molar-refractivity contribution in [2.24, 2.45) is 5.10 Å². The number of hydrogen-bond acceptors (Lipinski definition) is 4. The van der Waals surface area contributed by atoms with Gasteiger partial charge in [-0.15, -0.1) is 11.3 Å². The Morgan fingerprint density at radius 1 is 1.27 bits per heavy atom. The van der Waals surface area contributed by atoms with Gasteiger partial charge in [0.25, 0.3) is 5.91 Å². The summed E-state index contributed by atoms with van der Waals surface area (Å²) in [6, 6.07) is 11.4. The Morgan fingerprint density at radius 3 is 2.86 bits per heavy atom. The summed E-state index contributed by atoms with van der Waals surface area (Å²) in [7, 11) is 0. The van der Waals surface area contributed by atoms with E-state index in [1.54, 1.807) is 23.6 Å². The molecule has 0 aliphatic heterocycles. The molecule has 0 unspecified atom stereocenters. The Bertz CT molecular complexity index is 867. The van der Waals surface area contributed by atoms with Crippen molar-refractivity contribution >= 4 is 34.4 Å². The van der Waals surface area contributed by atoms with Crippen molar-refractivity contribution in [2.75, 3.05) is 0 Å². The first-order valence-electron chi connectivity index (χ1n) is 6.89. The number of fused-ring (bicyclic) bond motifs is 1. The lowest BCUT2D eigenvalue weighted by molar-refractivity contribution is 0.0956. The van der Waals surface area contributed by atoms with Crippen LogP contribution in [0.15, 0.2) is 46.9 Å². The molecule has 0 aliphatic rings. The third-order valence-electron chi connectivity index (χ3n) is 3.34. The maximum absolute atomic E-state index is 12.4. The highest BCUT2D eigenvalue weighted by Crippen LogP contribution is 2.18. The van der Waals surface area contributed by atoms with Crippen molar-refractivity contribution in [1.82, 2.24) is 10.4 Å². The SMILES string of the molecule is Cc1cc(C(=O)NN=Cc2sccc2C)c2ccccc2n1. The van der Waals surface area contributed by atoms with Crippen LogP contribution in [0.1, 0.15) is 26.5 Å². The van der Waals surface area contributed by atoms with E-state index in [2.05, 4.69) is 15.5 Å². The van der Waals surface area contributed by atoms with E-state index in [1.165, 1.54) is 0 Å². The fourth-order valence-electron chi connectivity index (χ4n) is 2.22. The molecule has 0 saturated carbocycles. The number of nitrogens with zero attached hydrogens (tertiary/aromatic N) is 2. The highest BCUT2D eigenvalue weighted by Gasteiger charge is 2.11. The van der Waals surface area contributed by atoms with Crippen LogP contribution in [-0.2, 0) is 0 Å². The molecule has 3 aromatic rings. The molecule has 0 saturated heterocycles. The Kier molecular flexibility index (Phi) is 3.98. The van der Waals surface area contributed by atoms with Crippen LogP contribution < -0.4 is 5.43 Å². The standard InChI is InChI=1S/C17H15N3OS/c1-11-7-8-22-16(11)10-18-20-17(21)14-9-12(2)19-15-6-4-3-5-13(14)15/h3-10H,1-2H3,(H,20,21). The topological polar surface area (TPSA) is 54.4 Å². The van der Waals surface area contributed by atoms with Crippen LogP contribution >= 0.6 is 11.3 Å². The van der Waals surface area contributed by atoms with E-state index in [1.807, 2.05) is 49.6 Å². The Morgan fingerprint density at radius 2 is 2.09 bits per heavy atom. The van der Waals surface area contributed by atoms with Gasteiger partial charge in [-0.25, -0.2) is 5.43 Å². The van der Waals surface area contributed by atoms with Gasteiger partial charge in [-0.2, -0.15) is 5.10 Å². The zero-order chi connectivity index (χ0) is 15.5. The first kappa shape index (κ1) is 14.4. The molecule has 5 heteroatoms. The smallest absolute Gasteiger partial charge is 0.267 e. The molecule has 0 spiro atoms. The van der Waals surface area contributed by atoms with Crippen LogP contribution in [0.25, 0.3) is 10.9 Å². The first-order chi connectivity index (χ1) is 10.6. The number of para-hydroxylation sites is 1. The number of carbonyl (C=O) groups excluding carboxylic acids is 1. The molecule has 0 atom stereocenters. The number of benzene rings is 1. The van der Waals surface area contributed by atoms with Crippen molar-refractivity contribution < 1.29 is 4.79 Å². The quantitative estimate of drug-likeness (QED) is 0.593. The van der Waals surface area contributed by atoms with Crippen molar-refractivity contribution in [3.8, 4) is 0 Å². The van der Waals surface area contributed by atoms with E-state index in [9.17, 15) is 4.79 Å². The predicted molar refractivity (Wildman–Crippen MR) is 90.6 cm³/mol. The number of thiophene rings is 1. The summed E-state index contributed by atoms with van der Waals surface area (Å²) in [6.07, 6.45) is 1.67. The molecule has 0 radical (unpaired) electrons. The molecular weight excluding hydrogens is 294 g/mol. The van der Waals surface area contributed by atoms with Gasteiger partial charge in [-0.3, -0.25) is 9.78 Å². The minimum atomic E-state index is -0.229. The van der Waals surface area contributed by atoms with Crippen molar-refractivity contribution in [3.63, 3.8) is 0 Å². The van der Waals surface area contributed by atoms with Gasteiger partial charge in [-0.1, -0.05) is 18.2 Å².